The summed E-state index contributed by atoms with van der Waals surface area (Å²) in [4.78, 5) is 8.12. The predicted octanol–water partition coefficient (Wildman–Crippen LogP) is 2.51. The first-order valence-electron chi connectivity index (χ1n) is 5.18. The van der Waals surface area contributed by atoms with E-state index in [0.29, 0.717) is 11.3 Å². The first kappa shape index (κ1) is 12.3. The van der Waals surface area contributed by atoms with E-state index < -0.39 is 0 Å². The number of aryl methyl sites for hydroxylation is 1. The van der Waals surface area contributed by atoms with Crippen LogP contribution in [0, 0.1) is 12.3 Å². The smallest absolute Gasteiger partial charge is 0.238 e. The molecule has 0 atom stereocenters. The summed E-state index contributed by atoms with van der Waals surface area (Å²) in [6, 6.07) is 5.08. The zero-order valence-electron chi connectivity index (χ0n) is 9.64. The Kier molecular flexibility index (Phi) is 3.43. The molecule has 0 aliphatic carbocycles. The van der Waals surface area contributed by atoms with Gasteiger partial charge in [0, 0.05) is 18.0 Å². The average molecular weight is 263 g/mol. The lowest BCUT2D eigenvalue weighted by molar-refractivity contribution is 0.457. The summed E-state index contributed by atoms with van der Waals surface area (Å²) in [7, 11) is 0. The van der Waals surface area contributed by atoms with E-state index in [0.717, 1.165) is 5.69 Å². The first-order valence-corrected chi connectivity index (χ1v) is 5.55. The number of nitrogens with zero attached hydrogens (tertiary/aromatic N) is 2. The molecule has 5 nitrogen and oxygen atoms in total. The zero-order chi connectivity index (χ0) is 13.1. The number of ether oxygens (including phenoxy) is 1. The van der Waals surface area contributed by atoms with Gasteiger partial charge in [0.15, 0.2) is 5.75 Å². The molecule has 0 fully saturated rings. The molecule has 2 aromatic rings. The van der Waals surface area contributed by atoms with Gasteiger partial charge >= 0.3 is 0 Å². The van der Waals surface area contributed by atoms with Crippen molar-refractivity contribution in [3.63, 3.8) is 0 Å². The highest BCUT2D eigenvalue weighted by Gasteiger charge is 2.12. The van der Waals surface area contributed by atoms with E-state index >= 15 is 0 Å². The van der Waals surface area contributed by atoms with Crippen molar-refractivity contribution in [2.75, 3.05) is 0 Å². The van der Waals surface area contributed by atoms with Crippen LogP contribution in [0.2, 0.25) is 5.02 Å². The summed E-state index contributed by atoms with van der Waals surface area (Å²) in [6.07, 6.45) is 3.16. The fourth-order valence-corrected chi connectivity index (χ4v) is 1.64. The first-order chi connectivity index (χ1) is 8.59. The van der Waals surface area contributed by atoms with Gasteiger partial charge in [-0.15, -0.1) is 0 Å². The molecule has 0 aromatic carbocycles. The highest BCUT2D eigenvalue weighted by atomic mass is 35.5. The molecule has 6 heteroatoms. The summed E-state index contributed by atoms with van der Waals surface area (Å²) in [5, 5.41) is 7.61. The lowest BCUT2D eigenvalue weighted by Gasteiger charge is -2.10. The van der Waals surface area contributed by atoms with Crippen LogP contribution in [-0.4, -0.2) is 15.8 Å². The Balaban J connectivity index is 2.39. The Hall–Kier alpha value is -2.14. The molecule has 2 rings (SSSR count). The molecule has 2 heterocycles. The van der Waals surface area contributed by atoms with E-state index in [1.165, 1.54) is 6.20 Å². The van der Waals surface area contributed by atoms with Gasteiger partial charge in [-0.3, -0.25) is 10.4 Å². The lowest BCUT2D eigenvalue weighted by Crippen LogP contribution is -2.12. The van der Waals surface area contributed by atoms with Gasteiger partial charge < -0.3 is 10.5 Å². The highest BCUT2D eigenvalue weighted by molar-refractivity contribution is 6.35. The van der Waals surface area contributed by atoms with E-state index in [1.54, 1.807) is 24.4 Å². The number of hydrogen-bond donors (Lipinski definition) is 2. The molecule has 0 saturated carbocycles. The number of aromatic nitrogens is 2. The van der Waals surface area contributed by atoms with Crippen molar-refractivity contribution in [3.8, 4) is 11.6 Å². The normalized spacial score (nSPS) is 10.1. The van der Waals surface area contributed by atoms with E-state index in [1.807, 2.05) is 6.92 Å². The average Bonchev–Trinajstić information content (AvgIpc) is 2.34. The SMILES string of the molecule is Cc1ncccc1Oc1nccc(C(=N)N)c1Cl. The highest BCUT2D eigenvalue weighted by Crippen LogP contribution is 2.30. The molecule has 0 unspecified atom stereocenters. The molecule has 0 radical (unpaired) electrons. The number of nitrogens with one attached hydrogen (secondary N) is 1. The zero-order valence-corrected chi connectivity index (χ0v) is 10.4. The number of amidine groups is 1. The fourth-order valence-electron chi connectivity index (χ4n) is 1.39. The van der Waals surface area contributed by atoms with Crippen molar-refractivity contribution in [3.05, 3.63) is 46.9 Å². The largest absolute Gasteiger partial charge is 0.436 e. The molecular formula is C12H11ClN4O. The Morgan fingerprint density at radius 2 is 2.11 bits per heavy atom. The van der Waals surface area contributed by atoms with Crippen LogP contribution in [-0.2, 0) is 0 Å². The van der Waals surface area contributed by atoms with Crippen LogP contribution in [0.4, 0.5) is 0 Å². The molecule has 3 N–H and O–H groups in total. The van der Waals surface area contributed by atoms with Crippen molar-refractivity contribution in [1.82, 2.24) is 9.97 Å². The van der Waals surface area contributed by atoms with E-state index in [2.05, 4.69) is 9.97 Å². The third kappa shape index (κ3) is 2.41. The van der Waals surface area contributed by atoms with Gasteiger partial charge in [-0.1, -0.05) is 11.6 Å². The second-order valence-electron chi connectivity index (χ2n) is 3.58. The maximum Gasteiger partial charge on any atom is 0.238 e. The minimum Gasteiger partial charge on any atom is -0.436 e. The van der Waals surface area contributed by atoms with Crippen LogP contribution < -0.4 is 10.5 Å². The maximum atomic E-state index is 7.39. The van der Waals surface area contributed by atoms with Gasteiger partial charge in [0.1, 0.15) is 10.9 Å². The summed E-state index contributed by atoms with van der Waals surface area (Å²) >= 11 is 6.08. The van der Waals surface area contributed by atoms with Gasteiger partial charge in [0.05, 0.1) is 5.69 Å². The van der Waals surface area contributed by atoms with Gasteiger partial charge in [0.25, 0.3) is 0 Å². The standard InChI is InChI=1S/C12H11ClN4O/c1-7-9(3-2-5-16-7)18-12-10(13)8(11(14)15)4-6-17-12/h2-6H,1H3,(H3,14,15). The Morgan fingerprint density at radius 3 is 2.78 bits per heavy atom. The number of pyridine rings is 2. The monoisotopic (exact) mass is 262 g/mol. The third-order valence-corrected chi connectivity index (χ3v) is 2.68. The summed E-state index contributed by atoms with van der Waals surface area (Å²) < 4.78 is 5.57. The fraction of sp³-hybridized carbons (Fsp3) is 0.0833. The lowest BCUT2D eigenvalue weighted by atomic mass is 10.2. The molecule has 2 aromatic heterocycles. The Morgan fingerprint density at radius 1 is 1.33 bits per heavy atom. The summed E-state index contributed by atoms with van der Waals surface area (Å²) in [5.41, 5.74) is 6.53. The van der Waals surface area contributed by atoms with Crippen molar-refractivity contribution in [2.24, 2.45) is 5.73 Å². The van der Waals surface area contributed by atoms with Crippen molar-refractivity contribution in [2.45, 2.75) is 6.92 Å². The van der Waals surface area contributed by atoms with Crippen LogP contribution in [0.5, 0.6) is 11.6 Å². The van der Waals surface area contributed by atoms with Crippen LogP contribution in [0.25, 0.3) is 0 Å². The molecule has 0 aliphatic rings. The number of nitrogens with two attached hydrogens (primary N) is 1. The topological polar surface area (TPSA) is 84.9 Å². The molecule has 0 spiro atoms. The number of rotatable bonds is 3. The van der Waals surface area contributed by atoms with Crippen molar-refractivity contribution in [1.29, 1.82) is 5.41 Å². The summed E-state index contributed by atoms with van der Waals surface area (Å²) in [5.74, 6) is 0.642. The molecule has 92 valence electrons. The number of hydrogen-bond acceptors (Lipinski definition) is 4. The van der Waals surface area contributed by atoms with Crippen LogP contribution in [0.1, 0.15) is 11.3 Å². The van der Waals surface area contributed by atoms with Crippen LogP contribution >= 0.6 is 11.6 Å². The second kappa shape index (κ2) is 5.01. The van der Waals surface area contributed by atoms with Crippen molar-refractivity contribution >= 4 is 17.4 Å². The second-order valence-corrected chi connectivity index (χ2v) is 3.96. The van der Waals surface area contributed by atoms with Gasteiger partial charge in [-0.05, 0) is 25.1 Å². The van der Waals surface area contributed by atoms with Crippen LogP contribution in [0.15, 0.2) is 30.6 Å². The molecule has 0 bridgehead atoms. The van der Waals surface area contributed by atoms with Gasteiger partial charge in [-0.2, -0.15) is 0 Å². The minimum absolute atomic E-state index is 0.129. The Bertz CT molecular complexity index is 600. The molecule has 0 saturated heterocycles. The molecule has 18 heavy (non-hydrogen) atoms. The minimum atomic E-state index is -0.129. The third-order valence-electron chi connectivity index (χ3n) is 2.31. The summed E-state index contributed by atoms with van der Waals surface area (Å²) in [6.45, 7) is 1.82. The number of halogens is 1. The van der Waals surface area contributed by atoms with Crippen LogP contribution in [0.3, 0.4) is 0 Å². The number of nitrogen functional groups attached to an aromatic ring is 1. The predicted molar refractivity (Wildman–Crippen MR) is 69.3 cm³/mol. The maximum absolute atomic E-state index is 7.39. The molecule has 0 aliphatic heterocycles. The van der Waals surface area contributed by atoms with Crippen molar-refractivity contribution < 1.29 is 4.74 Å². The molecular weight excluding hydrogens is 252 g/mol. The Labute approximate surface area is 109 Å². The van der Waals surface area contributed by atoms with E-state index in [-0.39, 0.29) is 16.7 Å². The van der Waals surface area contributed by atoms with E-state index in [9.17, 15) is 0 Å². The molecule has 0 amide bonds. The van der Waals surface area contributed by atoms with E-state index in [4.69, 9.17) is 27.5 Å². The van der Waals surface area contributed by atoms with Gasteiger partial charge in [-0.25, -0.2) is 4.98 Å². The quantitative estimate of drug-likeness (QED) is 0.657. The van der Waals surface area contributed by atoms with Gasteiger partial charge in [0.2, 0.25) is 5.88 Å².